The van der Waals surface area contributed by atoms with E-state index in [0.717, 1.165) is 53.6 Å². The summed E-state index contributed by atoms with van der Waals surface area (Å²) in [6.07, 6.45) is 4.42. The third kappa shape index (κ3) is 4.35. The average Bonchev–Trinajstić information content (AvgIpc) is 3.48. The Hall–Kier alpha value is -3.36. The van der Waals surface area contributed by atoms with E-state index < -0.39 is 10.0 Å². The standard InChI is InChI=1S/C28H31N3O4S/c1-19-15-22(32)8-11-24(19)21-7-12-26-25(16-21)28(13-3-4-14-28)18-31(26)27(33)30-17-20-5-9-23(10-6-20)36(34,35)29-2/h5-12,15-16,29,32H,3-4,13-14,17-18H2,1-2H3,(H,30,33). The maximum absolute atomic E-state index is 13.3. The van der Waals surface area contributed by atoms with Crippen molar-refractivity contribution in [1.29, 1.82) is 0 Å². The fraction of sp³-hybridized carbons (Fsp3) is 0.321. The largest absolute Gasteiger partial charge is 0.508 e. The molecule has 0 radical (unpaired) electrons. The van der Waals surface area contributed by atoms with Crippen LogP contribution in [0, 0.1) is 6.92 Å². The van der Waals surface area contributed by atoms with Gasteiger partial charge in [0, 0.05) is 24.2 Å². The highest BCUT2D eigenvalue weighted by Crippen LogP contribution is 2.51. The number of fused-ring (bicyclic) bond motifs is 2. The number of phenolic OH excluding ortho intramolecular Hbond substituents is 1. The van der Waals surface area contributed by atoms with E-state index in [4.69, 9.17) is 0 Å². The molecule has 0 saturated heterocycles. The van der Waals surface area contributed by atoms with Crippen molar-refractivity contribution in [2.75, 3.05) is 18.5 Å². The zero-order valence-electron chi connectivity index (χ0n) is 20.5. The van der Waals surface area contributed by atoms with Crippen LogP contribution in [-0.2, 0) is 22.0 Å². The van der Waals surface area contributed by atoms with Crippen LogP contribution in [0.5, 0.6) is 5.75 Å². The lowest BCUT2D eigenvalue weighted by atomic mass is 9.79. The smallest absolute Gasteiger partial charge is 0.322 e. The Bertz CT molecular complexity index is 1410. The topological polar surface area (TPSA) is 98.7 Å². The molecule has 1 fully saturated rings. The fourth-order valence-electron chi connectivity index (χ4n) is 5.65. The summed E-state index contributed by atoms with van der Waals surface area (Å²) in [5.41, 5.74) is 6.15. The van der Waals surface area contributed by atoms with E-state index >= 15 is 0 Å². The lowest BCUT2D eigenvalue weighted by Crippen LogP contribution is -2.41. The van der Waals surface area contributed by atoms with Gasteiger partial charge in [-0.1, -0.05) is 37.1 Å². The fourth-order valence-corrected chi connectivity index (χ4v) is 6.38. The SMILES string of the molecule is CNS(=O)(=O)c1ccc(CNC(=O)N2CC3(CCCC3)c3cc(-c4ccc(O)cc4C)ccc32)cc1. The normalized spacial score (nSPS) is 16.3. The highest BCUT2D eigenvalue weighted by Gasteiger charge is 2.46. The van der Waals surface area contributed by atoms with Gasteiger partial charge in [0.15, 0.2) is 0 Å². The van der Waals surface area contributed by atoms with E-state index in [1.54, 1.807) is 36.4 Å². The second-order valence-electron chi connectivity index (χ2n) is 9.81. The van der Waals surface area contributed by atoms with Crippen molar-refractivity contribution in [3.63, 3.8) is 0 Å². The molecule has 7 nitrogen and oxygen atoms in total. The summed E-state index contributed by atoms with van der Waals surface area (Å²) in [5, 5.41) is 12.8. The molecular formula is C28H31N3O4S. The zero-order chi connectivity index (χ0) is 25.5. The molecule has 3 aromatic carbocycles. The summed E-state index contributed by atoms with van der Waals surface area (Å²) >= 11 is 0. The number of anilines is 1. The molecule has 1 aliphatic heterocycles. The third-order valence-corrected chi connectivity index (χ3v) is 9.02. The van der Waals surface area contributed by atoms with Crippen molar-refractivity contribution >= 4 is 21.7 Å². The molecule has 188 valence electrons. The molecule has 2 amide bonds. The molecule has 1 aliphatic carbocycles. The van der Waals surface area contributed by atoms with E-state index in [-0.39, 0.29) is 22.1 Å². The molecule has 5 rings (SSSR count). The first-order valence-corrected chi connectivity index (χ1v) is 13.7. The van der Waals surface area contributed by atoms with E-state index in [9.17, 15) is 18.3 Å². The number of sulfonamides is 1. The minimum Gasteiger partial charge on any atom is -0.508 e. The molecule has 0 atom stereocenters. The van der Waals surface area contributed by atoms with Crippen molar-refractivity contribution in [2.45, 2.75) is 49.5 Å². The molecule has 36 heavy (non-hydrogen) atoms. The minimum atomic E-state index is -3.49. The van der Waals surface area contributed by atoms with Crippen LogP contribution in [0.4, 0.5) is 10.5 Å². The highest BCUT2D eigenvalue weighted by molar-refractivity contribution is 7.89. The van der Waals surface area contributed by atoms with Crippen molar-refractivity contribution < 1.29 is 18.3 Å². The van der Waals surface area contributed by atoms with E-state index in [0.29, 0.717) is 13.1 Å². The van der Waals surface area contributed by atoms with Crippen molar-refractivity contribution in [3.8, 4) is 16.9 Å². The molecule has 0 unspecified atom stereocenters. The molecule has 1 spiro atoms. The number of benzene rings is 3. The van der Waals surface area contributed by atoms with Crippen LogP contribution in [0.15, 0.2) is 65.6 Å². The molecular weight excluding hydrogens is 474 g/mol. The first-order chi connectivity index (χ1) is 17.2. The molecule has 2 aliphatic rings. The summed E-state index contributed by atoms with van der Waals surface area (Å²) in [6.45, 7) is 2.96. The van der Waals surface area contributed by atoms with Gasteiger partial charge in [-0.2, -0.15) is 0 Å². The molecule has 1 saturated carbocycles. The average molecular weight is 506 g/mol. The van der Waals surface area contributed by atoms with Crippen LogP contribution in [0.1, 0.15) is 42.4 Å². The molecule has 1 heterocycles. The van der Waals surface area contributed by atoms with Crippen LogP contribution in [-0.4, -0.2) is 33.1 Å². The predicted molar refractivity (Wildman–Crippen MR) is 141 cm³/mol. The Labute approximate surface area is 212 Å². The number of carbonyl (C=O) groups is 1. The van der Waals surface area contributed by atoms with Crippen LogP contribution in [0.25, 0.3) is 11.1 Å². The van der Waals surface area contributed by atoms with Crippen LogP contribution >= 0.6 is 0 Å². The number of hydrogen-bond donors (Lipinski definition) is 3. The van der Waals surface area contributed by atoms with Crippen molar-refractivity contribution in [2.24, 2.45) is 0 Å². The summed E-state index contributed by atoms with van der Waals surface area (Å²) in [7, 11) is -2.11. The van der Waals surface area contributed by atoms with Gasteiger partial charge in [0.2, 0.25) is 10.0 Å². The van der Waals surface area contributed by atoms with Crippen molar-refractivity contribution in [1.82, 2.24) is 10.0 Å². The van der Waals surface area contributed by atoms with Gasteiger partial charge < -0.3 is 10.4 Å². The highest BCUT2D eigenvalue weighted by atomic mass is 32.2. The lowest BCUT2D eigenvalue weighted by Gasteiger charge is -2.25. The first kappa shape index (κ1) is 24.3. The molecule has 3 N–H and O–H groups in total. The van der Waals surface area contributed by atoms with Crippen LogP contribution < -0.4 is 14.9 Å². The number of carbonyl (C=O) groups excluding carboxylic acids is 1. The van der Waals surface area contributed by atoms with Gasteiger partial charge in [-0.25, -0.2) is 17.9 Å². The van der Waals surface area contributed by atoms with Crippen LogP contribution in [0.3, 0.4) is 0 Å². The van der Waals surface area contributed by atoms with Gasteiger partial charge >= 0.3 is 6.03 Å². The van der Waals surface area contributed by atoms with Gasteiger partial charge in [0.1, 0.15) is 5.75 Å². The number of nitrogens with zero attached hydrogens (tertiary/aromatic N) is 1. The number of hydrogen-bond acceptors (Lipinski definition) is 4. The Morgan fingerprint density at radius 2 is 1.75 bits per heavy atom. The number of urea groups is 1. The van der Waals surface area contributed by atoms with Gasteiger partial charge in [-0.15, -0.1) is 0 Å². The number of aromatic hydroxyl groups is 1. The maximum atomic E-state index is 13.3. The summed E-state index contributed by atoms with van der Waals surface area (Å²) in [5.74, 6) is 0.255. The van der Waals surface area contributed by atoms with Gasteiger partial charge in [0.25, 0.3) is 0 Å². The van der Waals surface area contributed by atoms with Gasteiger partial charge in [-0.05, 0) is 91.0 Å². The molecule has 8 heteroatoms. The van der Waals surface area contributed by atoms with Crippen molar-refractivity contribution in [3.05, 3.63) is 77.4 Å². The van der Waals surface area contributed by atoms with E-state index in [2.05, 4.69) is 16.1 Å². The second-order valence-corrected chi connectivity index (χ2v) is 11.7. The predicted octanol–water partition coefficient (Wildman–Crippen LogP) is 4.82. The lowest BCUT2D eigenvalue weighted by molar-refractivity contribution is 0.245. The quantitative estimate of drug-likeness (QED) is 0.463. The maximum Gasteiger partial charge on any atom is 0.322 e. The summed E-state index contributed by atoms with van der Waals surface area (Å²) in [6, 6.07) is 18.1. The second kappa shape index (κ2) is 9.26. The Balaban J connectivity index is 1.38. The van der Waals surface area contributed by atoms with E-state index in [1.165, 1.54) is 12.6 Å². The summed E-state index contributed by atoms with van der Waals surface area (Å²) < 4.78 is 26.2. The first-order valence-electron chi connectivity index (χ1n) is 12.2. The zero-order valence-corrected chi connectivity index (χ0v) is 21.4. The Kier molecular flexibility index (Phi) is 6.26. The third-order valence-electron chi connectivity index (χ3n) is 7.59. The Morgan fingerprint density at radius 3 is 2.42 bits per heavy atom. The minimum absolute atomic E-state index is 0.0311. The number of aryl methyl sites for hydroxylation is 1. The molecule has 3 aromatic rings. The number of rotatable bonds is 5. The van der Waals surface area contributed by atoms with Crippen LogP contribution in [0.2, 0.25) is 0 Å². The Morgan fingerprint density at radius 1 is 1.03 bits per heavy atom. The number of amides is 2. The van der Waals surface area contributed by atoms with E-state index in [1.807, 2.05) is 30.0 Å². The number of nitrogens with one attached hydrogen (secondary N) is 2. The summed E-state index contributed by atoms with van der Waals surface area (Å²) in [4.78, 5) is 15.4. The number of phenols is 1. The van der Waals surface area contributed by atoms with Gasteiger partial charge in [-0.3, -0.25) is 4.90 Å². The molecule has 0 bridgehead atoms. The monoisotopic (exact) mass is 505 g/mol. The van der Waals surface area contributed by atoms with Gasteiger partial charge in [0.05, 0.1) is 4.90 Å². The molecule has 0 aromatic heterocycles.